The lowest BCUT2D eigenvalue weighted by atomic mass is 10.2. The molecular formula is C8H16O2. The normalized spacial score (nSPS) is 15.1. The quantitative estimate of drug-likeness (QED) is 0.440. The summed E-state index contributed by atoms with van der Waals surface area (Å²) in [5.41, 5.74) is 0. The lowest BCUT2D eigenvalue weighted by Gasteiger charge is -1.97. The zero-order chi connectivity index (χ0) is 10.3. The molecule has 0 radical (unpaired) electrons. The lowest BCUT2D eigenvalue weighted by Crippen LogP contribution is -1.98. The largest absolute Gasteiger partial charge is 0.469 e. The van der Waals surface area contributed by atoms with Crippen LogP contribution >= 0.6 is 0 Å². The van der Waals surface area contributed by atoms with Gasteiger partial charge in [0.15, 0.2) is 0 Å². The number of rotatable bonds is 5. The van der Waals surface area contributed by atoms with Gasteiger partial charge in [0.25, 0.3) is 0 Å². The SMILES string of the molecule is [2H]C([2H])([2H])OC(=O)CCCCCC. The first-order valence-corrected chi connectivity index (χ1v) is 3.67. The molecule has 0 saturated heterocycles. The first-order chi connectivity index (χ1) is 5.95. The van der Waals surface area contributed by atoms with Crippen molar-refractivity contribution in [3.8, 4) is 0 Å². The van der Waals surface area contributed by atoms with Gasteiger partial charge in [-0.25, -0.2) is 0 Å². The molecule has 0 aromatic carbocycles. The van der Waals surface area contributed by atoms with Gasteiger partial charge in [-0.05, 0) is 6.42 Å². The maximum atomic E-state index is 10.8. The molecule has 0 aliphatic carbocycles. The third-order valence-electron chi connectivity index (χ3n) is 1.35. The third-order valence-corrected chi connectivity index (χ3v) is 1.35. The van der Waals surface area contributed by atoms with E-state index in [1.165, 1.54) is 0 Å². The first kappa shape index (κ1) is 5.16. The maximum Gasteiger partial charge on any atom is 0.305 e. The number of methoxy groups -OCH3 is 1. The summed E-state index contributed by atoms with van der Waals surface area (Å²) < 4.78 is 24.2. The van der Waals surface area contributed by atoms with Gasteiger partial charge in [0.05, 0.1) is 11.2 Å². The highest BCUT2D eigenvalue weighted by Gasteiger charge is 1.97. The van der Waals surface area contributed by atoms with Crippen molar-refractivity contribution >= 4 is 5.97 Å². The van der Waals surface area contributed by atoms with Gasteiger partial charge in [-0.15, -0.1) is 0 Å². The summed E-state index contributed by atoms with van der Waals surface area (Å²) in [6.07, 6.45) is 4.03. The number of carbonyl (C=O) groups is 1. The lowest BCUT2D eigenvalue weighted by molar-refractivity contribution is -0.140. The van der Waals surface area contributed by atoms with E-state index in [-0.39, 0.29) is 6.42 Å². The van der Waals surface area contributed by atoms with Gasteiger partial charge < -0.3 is 4.74 Å². The van der Waals surface area contributed by atoms with Crippen LogP contribution in [0.15, 0.2) is 0 Å². The molecule has 0 amide bonds. The molecular weight excluding hydrogens is 128 g/mol. The molecule has 10 heavy (non-hydrogen) atoms. The summed E-state index contributed by atoms with van der Waals surface area (Å²) in [6, 6.07) is 0. The Labute approximate surface area is 66.8 Å². The molecule has 2 heteroatoms. The van der Waals surface area contributed by atoms with Crippen LogP contribution < -0.4 is 0 Å². The fourth-order valence-electron chi connectivity index (χ4n) is 0.747. The summed E-state index contributed by atoms with van der Waals surface area (Å²) in [4.78, 5) is 10.8. The van der Waals surface area contributed by atoms with Crippen LogP contribution in [0, 0.1) is 0 Å². The molecule has 0 aromatic heterocycles. The van der Waals surface area contributed by atoms with E-state index in [9.17, 15) is 4.79 Å². The number of hydrogen-bond donors (Lipinski definition) is 0. The molecule has 0 N–H and O–H groups in total. The number of carbonyl (C=O) groups excluding carboxylic acids is 1. The molecule has 2 nitrogen and oxygen atoms in total. The minimum absolute atomic E-state index is 0.207. The Balaban J connectivity index is 3.41. The van der Waals surface area contributed by atoms with Crippen molar-refractivity contribution in [2.24, 2.45) is 0 Å². The molecule has 0 heterocycles. The Morgan fingerprint density at radius 1 is 1.50 bits per heavy atom. The number of unbranched alkanes of at least 4 members (excludes halogenated alkanes) is 3. The van der Waals surface area contributed by atoms with E-state index >= 15 is 0 Å². The Morgan fingerprint density at radius 2 is 2.30 bits per heavy atom. The summed E-state index contributed by atoms with van der Waals surface area (Å²) in [6.45, 7) is 2.07. The second kappa shape index (κ2) is 6.59. The van der Waals surface area contributed by atoms with E-state index in [0.29, 0.717) is 6.42 Å². The second-order valence-corrected chi connectivity index (χ2v) is 2.28. The first-order valence-electron chi connectivity index (χ1n) is 5.17. The molecule has 0 bridgehead atoms. The molecule has 0 aliphatic heterocycles. The monoisotopic (exact) mass is 147 g/mol. The zero-order valence-electron chi connectivity index (χ0n) is 9.35. The van der Waals surface area contributed by atoms with Gasteiger partial charge >= 0.3 is 5.97 Å². The van der Waals surface area contributed by atoms with Crippen LogP contribution in [0.2, 0.25) is 0 Å². The van der Waals surface area contributed by atoms with Crippen molar-refractivity contribution in [2.45, 2.75) is 39.0 Å². The van der Waals surface area contributed by atoms with Gasteiger partial charge in [-0.2, -0.15) is 0 Å². The molecule has 0 atom stereocenters. The van der Waals surface area contributed by atoms with Crippen molar-refractivity contribution in [1.29, 1.82) is 0 Å². The molecule has 60 valence electrons. The van der Waals surface area contributed by atoms with Crippen LogP contribution in [-0.4, -0.2) is 13.0 Å². The van der Waals surface area contributed by atoms with Crippen molar-refractivity contribution in [3.05, 3.63) is 0 Å². The molecule has 0 aliphatic rings. The van der Waals surface area contributed by atoms with Crippen LogP contribution in [0.4, 0.5) is 0 Å². The van der Waals surface area contributed by atoms with Crippen molar-refractivity contribution in [1.82, 2.24) is 0 Å². The Bertz CT molecular complexity index is 154. The van der Waals surface area contributed by atoms with E-state index in [1.807, 2.05) is 0 Å². The predicted molar refractivity (Wildman–Crippen MR) is 40.8 cm³/mol. The van der Waals surface area contributed by atoms with E-state index in [0.717, 1.165) is 19.3 Å². The highest BCUT2D eigenvalue weighted by Crippen LogP contribution is 2.02. The zero-order valence-corrected chi connectivity index (χ0v) is 6.35. The predicted octanol–water partition coefficient (Wildman–Crippen LogP) is 2.13. The minimum atomic E-state index is -2.58. The van der Waals surface area contributed by atoms with Crippen LogP contribution in [0.5, 0.6) is 0 Å². The summed E-state index contributed by atoms with van der Waals surface area (Å²) >= 11 is 0. The Kier molecular flexibility index (Phi) is 3.40. The minimum Gasteiger partial charge on any atom is -0.469 e. The molecule has 0 unspecified atom stereocenters. The average Bonchev–Trinajstić information content (AvgIpc) is 1.94. The molecule has 0 aromatic rings. The maximum absolute atomic E-state index is 10.8. The standard InChI is InChI=1S/C8H16O2/c1-3-4-5-6-7-8(9)10-2/h3-7H2,1-2H3/i2D3. The van der Waals surface area contributed by atoms with E-state index in [2.05, 4.69) is 11.7 Å². The van der Waals surface area contributed by atoms with Gasteiger partial charge in [0.2, 0.25) is 0 Å². The number of ether oxygens (including phenoxy) is 1. The molecule has 0 saturated carbocycles. The van der Waals surface area contributed by atoms with E-state index in [4.69, 9.17) is 4.11 Å². The molecule has 0 spiro atoms. The fourth-order valence-corrected chi connectivity index (χ4v) is 0.747. The average molecular weight is 147 g/mol. The third kappa shape index (κ3) is 5.60. The highest BCUT2D eigenvalue weighted by atomic mass is 16.5. The Hall–Kier alpha value is -0.530. The number of esters is 1. The van der Waals surface area contributed by atoms with Gasteiger partial charge in [-0.1, -0.05) is 26.2 Å². The highest BCUT2D eigenvalue weighted by molar-refractivity contribution is 5.68. The van der Waals surface area contributed by atoms with E-state index in [1.54, 1.807) is 0 Å². The smallest absolute Gasteiger partial charge is 0.305 e. The van der Waals surface area contributed by atoms with Gasteiger partial charge in [-0.3, -0.25) is 4.79 Å². The van der Waals surface area contributed by atoms with Crippen LogP contribution in [-0.2, 0) is 9.53 Å². The van der Waals surface area contributed by atoms with Crippen LogP contribution in [0.3, 0.4) is 0 Å². The molecule has 0 fully saturated rings. The van der Waals surface area contributed by atoms with Gasteiger partial charge in [0.1, 0.15) is 0 Å². The number of hydrogen-bond acceptors (Lipinski definition) is 2. The Morgan fingerprint density at radius 3 is 2.90 bits per heavy atom. The van der Waals surface area contributed by atoms with Gasteiger partial charge in [0, 0.05) is 6.42 Å². The van der Waals surface area contributed by atoms with Crippen molar-refractivity contribution in [3.63, 3.8) is 0 Å². The summed E-state index contributed by atoms with van der Waals surface area (Å²) in [5.74, 6) is -0.629. The van der Waals surface area contributed by atoms with Crippen LogP contribution in [0.25, 0.3) is 0 Å². The van der Waals surface area contributed by atoms with E-state index < -0.39 is 13.0 Å². The summed E-state index contributed by atoms with van der Waals surface area (Å²) in [7, 11) is -2.58. The van der Waals surface area contributed by atoms with Crippen molar-refractivity contribution < 1.29 is 13.6 Å². The van der Waals surface area contributed by atoms with Crippen molar-refractivity contribution in [2.75, 3.05) is 7.04 Å². The summed E-state index contributed by atoms with van der Waals surface area (Å²) in [5, 5.41) is 0. The topological polar surface area (TPSA) is 26.3 Å². The molecule has 0 rings (SSSR count). The van der Waals surface area contributed by atoms with Crippen LogP contribution in [0.1, 0.15) is 43.1 Å². The second-order valence-electron chi connectivity index (χ2n) is 2.28. The fraction of sp³-hybridized carbons (Fsp3) is 0.875.